The van der Waals surface area contributed by atoms with E-state index >= 15 is 0 Å². The first-order chi connectivity index (χ1) is 8.20. The number of anilines is 1. The second kappa shape index (κ2) is 5.54. The molecule has 0 aliphatic carbocycles. The minimum Gasteiger partial charge on any atom is -0.371 e. The molecule has 0 spiro atoms. The van der Waals surface area contributed by atoms with Crippen LogP contribution >= 0.6 is 0 Å². The predicted octanol–water partition coefficient (Wildman–Crippen LogP) is 3.33. The van der Waals surface area contributed by atoms with Crippen LogP contribution in [0.5, 0.6) is 0 Å². The van der Waals surface area contributed by atoms with Crippen LogP contribution in [-0.4, -0.2) is 13.1 Å². The van der Waals surface area contributed by atoms with Crippen molar-refractivity contribution in [2.75, 3.05) is 18.0 Å². The molecule has 1 heterocycles. The molecular formula is C15H24N2. The Morgan fingerprint density at radius 1 is 1.35 bits per heavy atom. The summed E-state index contributed by atoms with van der Waals surface area (Å²) >= 11 is 0. The highest BCUT2D eigenvalue weighted by molar-refractivity contribution is 5.48. The molecule has 0 radical (unpaired) electrons. The monoisotopic (exact) mass is 232 g/mol. The zero-order chi connectivity index (χ0) is 12.3. The minimum absolute atomic E-state index is 0.135. The number of hydrogen-bond acceptors (Lipinski definition) is 2. The van der Waals surface area contributed by atoms with E-state index in [4.69, 9.17) is 5.73 Å². The molecule has 0 saturated carbocycles. The first-order valence-electron chi connectivity index (χ1n) is 6.81. The summed E-state index contributed by atoms with van der Waals surface area (Å²) < 4.78 is 0. The molecule has 1 aliphatic rings. The molecule has 1 aliphatic heterocycles. The quantitative estimate of drug-likeness (QED) is 0.862. The molecule has 1 fully saturated rings. The Hall–Kier alpha value is -1.02. The Morgan fingerprint density at radius 2 is 2.06 bits per heavy atom. The van der Waals surface area contributed by atoms with E-state index in [-0.39, 0.29) is 6.04 Å². The molecule has 2 atom stereocenters. The molecule has 94 valence electrons. The standard InChI is InChI=1S/C15H24N2/c1-3-4-13-9-10-17(11-13)15-7-5-14(6-8-15)12(2)16/h5-8,12-13H,3-4,9-11,16H2,1-2H3/t12-,13?/m1/s1. The molecule has 2 rings (SSSR count). The lowest BCUT2D eigenvalue weighted by Crippen LogP contribution is -2.19. The van der Waals surface area contributed by atoms with Crippen LogP contribution < -0.4 is 10.6 Å². The van der Waals surface area contributed by atoms with Gasteiger partial charge in [-0.25, -0.2) is 0 Å². The largest absolute Gasteiger partial charge is 0.371 e. The molecule has 1 saturated heterocycles. The molecule has 1 aromatic carbocycles. The number of benzene rings is 1. The smallest absolute Gasteiger partial charge is 0.0366 e. The Labute approximate surface area is 105 Å². The van der Waals surface area contributed by atoms with Gasteiger partial charge in [-0.3, -0.25) is 0 Å². The third-order valence-electron chi connectivity index (χ3n) is 3.77. The lowest BCUT2D eigenvalue weighted by molar-refractivity contribution is 0.530. The van der Waals surface area contributed by atoms with Crippen molar-refractivity contribution >= 4 is 5.69 Å². The highest BCUT2D eigenvalue weighted by Crippen LogP contribution is 2.27. The van der Waals surface area contributed by atoms with Crippen molar-refractivity contribution in [1.29, 1.82) is 0 Å². The maximum Gasteiger partial charge on any atom is 0.0366 e. The van der Waals surface area contributed by atoms with E-state index in [1.54, 1.807) is 0 Å². The van der Waals surface area contributed by atoms with Gasteiger partial charge in [-0.05, 0) is 43.4 Å². The number of nitrogens with two attached hydrogens (primary N) is 1. The molecule has 0 aromatic heterocycles. The summed E-state index contributed by atoms with van der Waals surface area (Å²) in [6, 6.07) is 8.89. The van der Waals surface area contributed by atoms with Gasteiger partial charge in [-0.1, -0.05) is 25.5 Å². The van der Waals surface area contributed by atoms with Gasteiger partial charge >= 0.3 is 0 Å². The third-order valence-corrected chi connectivity index (χ3v) is 3.77. The van der Waals surface area contributed by atoms with E-state index in [0.717, 1.165) is 5.92 Å². The van der Waals surface area contributed by atoms with Crippen LogP contribution in [0.15, 0.2) is 24.3 Å². The summed E-state index contributed by atoms with van der Waals surface area (Å²) in [6.07, 6.45) is 4.03. The summed E-state index contributed by atoms with van der Waals surface area (Å²) in [5.74, 6) is 0.896. The van der Waals surface area contributed by atoms with Crippen molar-refractivity contribution in [3.8, 4) is 0 Å². The molecule has 2 N–H and O–H groups in total. The SMILES string of the molecule is CCCC1CCN(c2ccc([C@@H](C)N)cc2)C1. The Bertz CT molecular complexity index is 342. The van der Waals surface area contributed by atoms with Gasteiger partial charge < -0.3 is 10.6 Å². The van der Waals surface area contributed by atoms with Crippen molar-refractivity contribution < 1.29 is 0 Å². The zero-order valence-corrected chi connectivity index (χ0v) is 11.0. The first kappa shape index (κ1) is 12.4. The van der Waals surface area contributed by atoms with Crippen molar-refractivity contribution in [3.63, 3.8) is 0 Å². The molecular weight excluding hydrogens is 208 g/mol. The predicted molar refractivity (Wildman–Crippen MR) is 74.3 cm³/mol. The van der Waals surface area contributed by atoms with Gasteiger partial charge in [0.2, 0.25) is 0 Å². The molecule has 1 aromatic rings. The van der Waals surface area contributed by atoms with Crippen molar-refractivity contribution in [2.45, 2.75) is 39.2 Å². The summed E-state index contributed by atoms with van der Waals surface area (Å²) in [5, 5.41) is 0. The molecule has 1 unspecified atom stereocenters. The fraction of sp³-hybridized carbons (Fsp3) is 0.600. The van der Waals surface area contributed by atoms with Crippen LogP contribution in [0.3, 0.4) is 0 Å². The zero-order valence-electron chi connectivity index (χ0n) is 11.0. The van der Waals surface area contributed by atoms with Gasteiger partial charge in [0.05, 0.1) is 0 Å². The van der Waals surface area contributed by atoms with E-state index in [2.05, 4.69) is 36.1 Å². The third kappa shape index (κ3) is 3.01. The number of nitrogens with zero attached hydrogens (tertiary/aromatic N) is 1. The summed E-state index contributed by atoms with van der Waals surface area (Å²) in [4.78, 5) is 2.51. The average molecular weight is 232 g/mol. The van der Waals surface area contributed by atoms with Gasteiger partial charge in [-0.15, -0.1) is 0 Å². The average Bonchev–Trinajstić information content (AvgIpc) is 2.78. The second-order valence-electron chi connectivity index (χ2n) is 5.27. The van der Waals surface area contributed by atoms with Crippen LogP contribution in [0.1, 0.15) is 44.7 Å². The lowest BCUT2D eigenvalue weighted by Gasteiger charge is -2.19. The van der Waals surface area contributed by atoms with Crippen molar-refractivity contribution in [3.05, 3.63) is 29.8 Å². The van der Waals surface area contributed by atoms with E-state index in [1.807, 2.05) is 6.92 Å². The summed E-state index contributed by atoms with van der Waals surface area (Å²) in [6.45, 7) is 6.75. The topological polar surface area (TPSA) is 29.3 Å². The molecule has 2 heteroatoms. The number of rotatable bonds is 4. The van der Waals surface area contributed by atoms with Crippen LogP contribution in [0.2, 0.25) is 0 Å². The van der Waals surface area contributed by atoms with Gasteiger partial charge in [-0.2, -0.15) is 0 Å². The minimum atomic E-state index is 0.135. The molecule has 0 amide bonds. The molecule has 2 nitrogen and oxygen atoms in total. The number of hydrogen-bond donors (Lipinski definition) is 1. The van der Waals surface area contributed by atoms with Crippen LogP contribution in [0.25, 0.3) is 0 Å². The molecule has 0 bridgehead atoms. The first-order valence-corrected chi connectivity index (χ1v) is 6.81. The van der Waals surface area contributed by atoms with Crippen LogP contribution in [0.4, 0.5) is 5.69 Å². The van der Waals surface area contributed by atoms with Gasteiger partial charge in [0.25, 0.3) is 0 Å². The summed E-state index contributed by atoms with van der Waals surface area (Å²) in [5.41, 5.74) is 8.44. The maximum atomic E-state index is 5.87. The van der Waals surface area contributed by atoms with Gasteiger partial charge in [0.1, 0.15) is 0 Å². The van der Waals surface area contributed by atoms with E-state index in [1.165, 1.54) is 43.6 Å². The van der Waals surface area contributed by atoms with E-state index in [9.17, 15) is 0 Å². The lowest BCUT2D eigenvalue weighted by atomic mass is 10.0. The van der Waals surface area contributed by atoms with E-state index < -0.39 is 0 Å². The highest BCUT2D eigenvalue weighted by atomic mass is 15.1. The molecule has 17 heavy (non-hydrogen) atoms. The maximum absolute atomic E-state index is 5.87. The van der Waals surface area contributed by atoms with E-state index in [0.29, 0.717) is 0 Å². The Morgan fingerprint density at radius 3 is 2.65 bits per heavy atom. The van der Waals surface area contributed by atoms with Crippen LogP contribution in [-0.2, 0) is 0 Å². The Kier molecular flexibility index (Phi) is 4.06. The van der Waals surface area contributed by atoms with Gasteiger partial charge in [0.15, 0.2) is 0 Å². The normalized spacial score (nSPS) is 21.8. The van der Waals surface area contributed by atoms with Crippen molar-refractivity contribution in [2.24, 2.45) is 11.7 Å². The van der Waals surface area contributed by atoms with Crippen LogP contribution in [0, 0.1) is 5.92 Å². The van der Waals surface area contributed by atoms with Crippen molar-refractivity contribution in [1.82, 2.24) is 0 Å². The fourth-order valence-corrected chi connectivity index (χ4v) is 2.70. The fourth-order valence-electron chi connectivity index (χ4n) is 2.70. The Balaban J connectivity index is 1.99. The highest BCUT2D eigenvalue weighted by Gasteiger charge is 2.21. The second-order valence-corrected chi connectivity index (χ2v) is 5.27. The summed E-state index contributed by atoms with van der Waals surface area (Å²) in [7, 11) is 0. The van der Waals surface area contributed by atoms with Gasteiger partial charge in [0, 0.05) is 24.8 Å².